The number of furan rings is 1. The molecule has 31 heavy (non-hydrogen) atoms. The summed E-state index contributed by atoms with van der Waals surface area (Å²) >= 11 is 0. The molecule has 5 rings (SSSR count). The molecule has 4 heterocycles. The lowest BCUT2D eigenvalue weighted by Crippen LogP contribution is -2.42. The van der Waals surface area contributed by atoms with Crippen molar-refractivity contribution in [3.8, 4) is 0 Å². The van der Waals surface area contributed by atoms with Gasteiger partial charge in [0.05, 0.1) is 31.7 Å². The molecular weight excluding hydrogens is 394 g/mol. The van der Waals surface area contributed by atoms with E-state index >= 15 is 0 Å². The molecule has 0 aromatic carbocycles. The van der Waals surface area contributed by atoms with Gasteiger partial charge in [0.15, 0.2) is 5.76 Å². The minimum absolute atomic E-state index is 0.0769. The van der Waals surface area contributed by atoms with Gasteiger partial charge in [-0.25, -0.2) is 4.98 Å². The molecule has 2 fully saturated rings. The van der Waals surface area contributed by atoms with Gasteiger partial charge in [0.25, 0.3) is 5.91 Å². The number of aromatic nitrogens is 2. The Morgan fingerprint density at radius 2 is 1.94 bits per heavy atom. The summed E-state index contributed by atoms with van der Waals surface area (Å²) in [5.41, 5.74) is 2.13. The molecule has 166 valence electrons. The van der Waals surface area contributed by atoms with Crippen LogP contribution in [-0.4, -0.2) is 66.7 Å². The van der Waals surface area contributed by atoms with Gasteiger partial charge in [-0.05, 0) is 25.0 Å². The first-order chi connectivity index (χ1) is 15.2. The van der Waals surface area contributed by atoms with E-state index in [0.717, 1.165) is 42.5 Å². The average molecular weight is 426 g/mol. The summed E-state index contributed by atoms with van der Waals surface area (Å²) in [4.78, 5) is 29.4. The summed E-state index contributed by atoms with van der Waals surface area (Å²) < 4.78 is 10.9. The number of hydrogen-bond donors (Lipinski definition) is 0. The van der Waals surface area contributed by atoms with Crippen LogP contribution in [0.1, 0.15) is 53.9 Å². The van der Waals surface area contributed by atoms with E-state index in [4.69, 9.17) is 19.1 Å². The molecule has 0 N–H and O–H groups in total. The lowest BCUT2D eigenvalue weighted by molar-refractivity contribution is 0.0700. The topological polar surface area (TPSA) is 74.9 Å². The van der Waals surface area contributed by atoms with Gasteiger partial charge in [-0.2, -0.15) is 4.98 Å². The van der Waals surface area contributed by atoms with Crippen LogP contribution in [0.25, 0.3) is 0 Å². The van der Waals surface area contributed by atoms with E-state index < -0.39 is 0 Å². The number of morpholine rings is 1. The number of amides is 1. The summed E-state index contributed by atoms with van der Waals surface area (Å²) in [5, 5.41) is 0. The summed E-state index contributed by atoms with van der Waals surface area (Å²) in [5.74, 6) is 2.08. The van der Waals surface area contributed by atoms with E-state index in [1.807, 2.05) is 4.90 Å². The molecule has 1 saturated carbocycles. The van der Waals surface area contributed by atoms with Gasteiger partial charge in [0.1, 0.15) is 5.82 Å². The zero-order valence-corrected chi connectivity index (χ0v) is 18.3. The highest BCUT2D eigenvalue weighted by molar-refractivity contribution is 5.91. The lowest BCUT2D eigenvalue weighted by Gasteiger charge is -2.36. The maximum atomic E-state index is 12.9. The molecule has 1 saturated heterocycles. The summed E-state index contributed by atoms with van der Waals surface area (Å²) in [6.45, 7) is 4.15. The Bertz CT molecular complexity index is 904. The Labute approximate surface area is 183 Å². The second-order valence-electron chi connectivity index (χ2n) is 8.73. The number of carbonyl (C=O) groups is 1. The zero-order valence-electron chi connectivity index (χ0n) is 18.3. The van der Waals surface area contributed by atoms with E-state index in [-0.39, 0.29) is 5.91 Å². The van der Waals surface area contributed by atoms with Gasteiger partial charge < -0.3 is 23.9 Å². The Hall–Kier alpha value is -2.61. The number of ether oxygens (including phenoxy) is 1. The standard InChI is InChI=1S/C23H31N5O3/c1-26(17-6-3-2-4-7-17)23-24-19-9-10-28(22(29)20-8-5-13-31-20)16-18(19)21(25-23)27-11-14-30-15-12-27/h5,8,13,17H,2-4,6-7,9-12,14-16H2,1H3. The van der Waals surface area contributed by atoms with Crippen molar-refractivity contribution in [1.29, 1.82) is 0 Å². The van der Waals surface area contributed by atoms with Gasteiger partial charge >= 0.3 is 0 Å². The summed E-state index contributed by atoms with van der Waals surface area (Å²) in [7, 11) is 2.14. The third kappa shape index (κ3) is 4.13. The van der Waals surface area contributed by atoms with Gasteiger partial charge in [0, 0.05) is 44.7 Å². The second kappa shape index (κ2) is 8.86. The van der Waals surface area contributed by atoms with Crippen molar-refractivity contribution in [2.24, 2.45) is 0 Å². The van der Waals surface area contributed by atoms with Crippen LogP contribution in [0, 0.1) is 0 Å². The van der Waals surface area contributed by atoms with Crippen LogP contribution in [0.15, 0.2) is 22.8 Å². The predicted octanol–water partition coefficient (Wildman–Crippen LogP) is 2.87. The van der Waals surface area contributed by atoms with Crippen LogP contribution in [0.4, 0.5) is 11.8 Å². The number of anilines is 2. The van der Waals surface area contributed by atoms with Crippen molar-refractivity contribution < 1.29 is 13.9 Å². The highest BCUT2D eigenvalue weighted by Gasteiger charge is 2.31. The number of fused-ring (bicyclic) bond motifs is 1. The second-order valence-corrected chi connectivity index (χ2v) is 8.73. The number of nitrogens with zero attached hydrogens (tertiary/aromatic N) is 5. The maximum absolute atomic E-state index is 12.9. The van der Waals surface area contributed by atoms with Crippen molar-refractivity contribution in [1.82, 2.24) is 14.9 Å². The van der Waals surface area contributed by atoms with Crippen LogP contribution in [0.5, 0.6) is 0 Å². The van der Waals surface area contributed by atoms with Crippen molar-refractivity contribution in [2.45, 2.75) is 51.1 Å². The molecule has 0 radical (unpaired) electrons. The Morgan fingerprint density at radius 3 is 2.68 bits per heavy atom. The molecule has 1 aliphatic carbocycles. The van der Waals surface area contributed by atoms with E-state index in [1.54, 1.807) is 18.4 Å². The minimum atomic E-state index is -0.0769. The van der Waals surface area contributed by atoms with Gasteiger partial charge in [-0.3, -0.25) is 4.79 Å². The minimum Gasteiger partial charge on any atom is -0.459 e. The average Bonchev–Trinajstić information content (AvgIpc) is 3.38. The quantitative estimate of drug-likeness (QED) is 0.746. The fourth-order valence-electron chi connectivity index (χ4n) is 4.94. The monoisotopic (exact) mass is 425 g/mol. The smallest absolute Gasteiger partial charge is 0.289 e. The van der Waals surface area contributed by atoms with Crippen LogP contribution in [0.2, 0.25) is 0 Å². The molecule has 0 unspecified atom stereocenters. The van der Waals surface area contributed by atoms with Gasteiger partial charge in [-0.15, -0.1) is 0 Å². The molecule has 0 atom stereocenters. The van der Waals surface area contributed by atoms with Crippen molar-refractivity contribution >= 4 is 17.7 Å². The third-order valence-electron chi connectivity index (χ3n) is 6.79. The molecular formula is C23H31N5O3. The highest BCUT2D eigenvalue weighted by atomic mass is 16.5. The maximum Gasteiger partial charge on any atom is 0.289 e. The van der Waals surface area contributed by atoms with E-state index in [1.165, 1.54) is 32.1 Å². The summed E-state index contributed by atoms with van der Waals surface area (Å²) in [6, 6.07) is 3.98. The van der Waals surface area contributed by atoms with Crippen LogP contribution < -0.4 is 9.80 Å². The molecule has 0 spiro atoms. The first kappa shape index (κ1) is 20.3. The van der Waals surface area contributed by atoms with Gasteiger partial charge in [0.2, 0.25) is 5.95 Å². The SMILES string of the molecule is CN(c1nc2c(c(N3CCOCC3)n1)CN(C(=O)c1ccco1)CC2)C1CCCCC1. The summed E-state index contributed by atoms with van der Waals surface area (Å²) in [6.07, 6.45) is 8.56. The van der Waals surface area contributed by atoms with Crippen LogP contribution >= 0.6 is 0 Å². The number of carbonyl (C=O) groups excluding carboxylic acids is 1. The van der Waals surface area contributed by atoms with Crippen LogP contribution in [0.3, 0.4) is 0 Å². The molecule has 8 nitrogen and oxygen atoms in total. The molecule has 3 aliphatic rings. The first-order valence-corrected chi connectivity index (χ1v) is 11.5. The number of rotatable bonds is 4. The Morgan fingerprint density at radius 1 is 1.13 bits per heavy atom. The molecule has 0 bridgehead atoms. The molecule has 2 aliphatic heterocycles. The number of hydrogen-bond acceptors (Lipinski definition) is 7. The first-order valence-electron chi connectivity index (χ1n) is 11.5. The van der Waals surface area contributed by atoms with Crippen molar-refractivity contribution in [2.75, 3.05) is 49.7 Å². The predicted molar refractivity (Wildman–Crippen MR) is 117 cm³/mol. The molecule has 2 aromatic rings. The highest BCUT2D eigenvalue weighted by Crippen LogP contribution is 2.32. The normalized spacial score (nSPS) is 19.9. The van der Waals surface area contributed by atoms with E-state index in [0.29, 0.717) is 38.1 Å². The Balaban J connectivity index is 1.47. The fourth-order valence-corrected chi connectivity index (χ4v) is 4.94. The van der Waals surface area contributed by atoms with Crippen molar-refractivity contribution in [3.63, 3.8) is 0 Å². The van der Waals surface area contributed by atoms with E-state index in [9.17, 15) is 4.79 Å². The molecule has 8 heteroatoms. The zero-order chi connectivity index (χ0) is 21.2. The van der Waals surface area contributed by atoms with Crippen LogP contribution in [-0.2, 0) is 17.7 Å². The molecule has 1 amide bonds. The lowest BCUT2D eigenvalue weighted by atomic mass is 9.95. The third-order valence-corrected chi connectivity index (χ3v) is 6.79. The largest absolute Gasteiger partial charge is 0.459 e. The van der Waals surface area contributed by atoms with E-state index in [2.05, 4.69) is 16.8 Å². The van der Waals surface area contributed by atoms with Gasteiger partial charge in [-0.1, -0.05) is 19.3 Å². The molecule has 2 aromatic heterocycles. The fraction of sp³-hybridized carbons (Fsp3) is 0.609. The Kier molecular flexibility index (Phi) is 5.80. The van der Waals surface area contributed by atoms with Crippen molar-refractivity contribution in [3.05, 3.63) is 35.4 Å².